The Labute approximate surface area is 108 Å². The van der Waals surface area contributed by atoms with Crippen molar-refractivity contribution < 1.29 is 9.26 Å². The SMILES string of the molecule is COc1c(C)cc(Br)c(-c2cc(N)no2)c1C. The van der Waals surface area contributed by atoms with Gasteiger partial charge in [0.15, 0.2) is 11.6 Å². The molecule has 0 saturated heterocycles. The van der Waals surface area contributed by atoms with Gasteiger partial charge in [-0.25, -0.2) is 0 Å². The predicted octanol–water partition coefficient (Wildman–Crippen LogP) is 3.31. The van der Waals surface area contributed by atoms with Crippen LogP contribution in [0.1, 0.15) is 11.1 Å². The standard InChI is InChI=1S/C12H13BrN2O2/c1-6-4-8(13)11(7(2)12(6)16-3)9-5-10(14)15-17-9/h4-5H,1-3H3,(H2,14,15). The third-order valence-corrected chi connectivity index (χ3v) is 3.26. The molecule has 90 valence electrons. The summed E-state index contributed by atoms with van der Waals surface area (Å²) in [5.74, 6) is 1.84. The zero-order chi connectivity index (χ0) is 12.6. The van der Waals surface area contributed by atoms with E-state index in [-0.39, 0.29) is 0 Å². The summed E-state index contributed by atoms with van der Waals surface area (Å²) in [4.78, 5) is 0. The van der Waals surface area contributed by atoms with Gasteiger partial charge in [0.1, 0.15) is 5.75 Å². The van der Waals surface area contributed by atoms with E-state index in [0.717, 1.165) is 26.9 Å². The van der Waals surface area contributed by atoms with Gasteiger partial charge in [0.25, 0.3) is 0 Å². The van der Waals surface area contributed by atoms with Crippen molar-refractivity contribution in [3.05, 3.63) is 27.7 Å². The summed E-state index contributed by atoms with van der Waals surface area (Å²) in [6.45, 7) is 3.97. The predicted molar refractivity (Wildman–Crippen MR) is 70.1 cm³/mol. The van der Waals surface area contributed by atoms with E-state index >= 15 is 0 Å². The average molecular weight is 297 g/mol. The molecule has 0 radical (unpaired) electrons. The first-order valence-corrected chi connectivity index (χ1v) is 5.90. The largest absolute Gasteiger partial charge is 0.496 e. The first-order chi connectivity index (χ1) is 8.04. The molecule has 0 aliphatic rings. The number of nitrogens with zero attached hydrogens (tertiary/aromatic N) is 1. The van der Waals surface area contributed by atoms with Crippen molar-refractivity contribution in [3.8, 4) is 17.1 Å². The Balaban J connectivity index is 2.69. The van der Waals surface area contributed by atoms with E-state index in [1.54, 1.807) is 13.2 Å². The maximum atomic E-state index is 5.57. The second-order valence-electron chi connectivity index (χ2n) is 3.82. The van der Waals surface area contributed by atoms with Crippen molar-refractivity contribution in [1.82, 2.24) is 5.16 Å². The molecule has 0 aliphatic carbocycles. The maximum Gasteiger partial charge on any atom is 0.170 e. The van der Waals surface area contributed by atoms with E-state index in [4.69, 9.17) is 15.0 Å². The molecule has 0 unspecified atom stereocenters. The van der Waals surface area contributed by atoms with E-state index in [0.29, 0.717) is 11.6 Å². The van der Waals surface area contributed by atoms with E-state index < -0.39 is 0 Å². The van der Waals surface area contributed by atoms with Gasteiger partial charge in [-0.3, -0.25) is 0 Å². The quantitative estimate of drug-likeness (QED) is 0.923. The lowest BCUT2D eigenvalue weighted by Gasteiger charge is -2.13. The van der Waals surface area contributed by atoms with Crippen molar-refractivity contribution in [2.24, 2.45) is 0 Å². The highest BCUT2D eigenvalue weighted by molar-refractivity contribution is 9.10. The zero-order valence-electron chi connectivity index (χ0n) is 9.87. The zero-order valence-corrected chi connectivity index (χ0v) is 11.5. The van der Waals surface area contributed by atoms with Gasteiger partial charge < -0.3 is 15.0 Å². The van der Waals surface area contributed by atoms with Crippen molar-refractivity contribution in [2.45, 2.75) is 13.8 Å². The molecule has 0 fully saturated rings. The van der Waals surface area contributed by atoms with Crippen LogP contribution in [0.4, 0.5) is 5.82 Å². The minimum atomic E-state index is 0.367. The molecule has 0 atom stereocenters. The van der Waals surface area contributed by atoms with Crippen LogP contribution in [-0.2, 0) is 0 Å². The average Bonchev–Trinajstić information content (AvgIpc) is 2.64. The normalized spacial score (nSPS) is 10.6. The van der Waals surface area contributed by atoms with Gasteiger partial charge in [-0.15, -0.1) is 0 Å². The van der Waals surface area contributed by atoms with Crippen LogP contribution < -0.4 is 10.5 Å². The summed E-state index contributed by atoms with van der Waals surface area (Å²) in [6.07, 6.45) is 0. The summed E-state index contributed by atoms with van der Waals surface area (Å²) in [7, 11) is 1.65. The first kappa shape index (κ1) is 12.0. The second-order valence-corrected chi connectivity index (χ2v) is 4.68. The van der Waals surface area contributed by atoms with Crippen LogP contribution in [0.5, 0.6) is 5.75 Å². The van der Waals surface area contributed by atoms with Crippen LogP contribution >= 0.6 is 15.9 Å². The molecule has 0 saturated carbocycles. The molecule has 4 nitrogen and oxygen atoms in total. The molecule has 0 bridgehead atoms. The van der Waals surface area contributed by atoms with Crippen molar-refractivity contribution in [2.75, 3.05) is 12.8 Å². The highest BCUT2D eigenvalue weighted by Crippen LogP contribution is 2.39. The fourth-order valence-electron chi connectivity index (χ4n) is 1.94. The van der Waals surface area contributed by atoms with E-state index in [1.165, 1.54) is 0 Å². The lowest BCUT2D eigenvalue weighted by molar-refractivity contribution is 0.407. The summed E-state index contributed by atoms with van der Waals surface area (Å²) in [6, 6.07) is 3.68. The van der Waals surface area contributed by atoms with E-state index in [2.05, 4.69) is 21.1 Å². The van der Waals surface area contributed by atoms with Crippen LogP contribution in [-0.4, -0.2) is 12.3 Å². The number of hydrogen-bond donors (Lipinski definition) is 1. The van der Waals surface area contributed by atoms with Gasteiger partial charge in [0.05, 0.1) is 7.11 Å². The number of nitrogen functional groups attached to an aromatic ring is 1. The molecular weight excluding hydrogens is 284 g/mol. The van der Waals surface area contributed by atoms with Gasteiger partial charge >= 0.3 is 0 Å². The van der Waals surface area contributed by atoms with Gasteiger partial charge in [0, 0.05) is 21.7 Å². The Morgan fingerprint density at radius 3 is 2.59 bits per heavy atom. The molecule has 5 heteroatoms. The van der Waals surface area contributed by atoms with Gasteiger partial charge in [-0.2, -0.15) is 0 Å². The first-order valence-electron chi connectivity index (χ1n) is 5.11. The molecule has 1 aromatic heterocycles. The number of halogens is 1. The molecule has 0 spiro atoms. The minimum Gasteiger partial charge on any atom is -0.496 e. The molecule has 0 amide bonds. The third kappa shape index (κ3) is 2.02. The molecular formula is C12H13BrN2O2. The smallest absolute Gasteiger partial charge is 0.170 e. The lowest BCUT2D eigenvalue weighted by Crippen LogP contribution is -1.94. The third-order valence-electron chi connectivity index (χ3n) is 2.63. The molecule has 17 heavy (non-hydrogen) atoms. The summed E-state index contributed by atoms with van der Waals surface area (Å²) >= 11 is 3.52. The minimum absolute atomic E-state index is 0.367. The number of rotatable bonds is 2. The molecule has 1 heterocycles. The number of nitrogens with two attached hydrogens (primary N) is 1. The van der Waals surface area contributed by atoms with Crippen molar-refractivity contribution >= 4 is 21.7 Å². The van der Waals surface area contributed by atoms with Crippen LogP contribution in [0.15, 0.2) is 21.1 Å². The Morgan fingerprint density at radius 2 is 2.06 bits per heavy atom. The van der Waals surface area contributed by atoms with Crippen LogP contribution in [0.2, 0.25) is 0 Å². The van der Waals surface area contributed by atoms with Gasteiger partial charge in [0.2, 0.25) is 0 Å². The Hall–Kier alpha value is -1.49. The highest BCUT2D eigenvalue weighted by atomic mass is 79.9. The van der Waals surface area contributed by atoms with Crippen LogP contribution in [0, 0.1) is 13.8 Å². The van der Waals surface area contributed by atoms with Gasteiger partial charge in [-0.1, -0.05) is 21.1 Å². The Bertz CT molecular complexity index is 564. The highest BCUT2D eigenvalue weighted by Gasteiger charge is 2.17. The molecule has 2 rings (SSSR count). The number of aromatic nitrogens is 1. The van der Waals surface area contributed by atoms with E-state index in [1.807, 2.05) is 19.9 Å². The lowest BCUT2D eigenvalue weighted by atomic mass is 10.0. The fraction of sp³-hybridized carbons (Fsp3) is 0.250. The van der Waals surface area contributed by atoms with E-state index in [9.17, 15) is 0 Å². The summed E-state index contributed by atoms with van der Waals surface area (Å²) < 4.78 is 11.5. The second kappa shape index (κ2) is 4.41. The summed E-state index contributed by atoms with van der Waals surface area (Å²) in [5, 5.41) is 3.69. The molecule has 1 aromatic carbocycles. The van der Waals surface area contributed by atoms with Crippen molar-refractivity contribution in [3.63, 3.8) is 0 Å². The maximum absolute atomic E-state index is 5.57. The monoisotopic (exact) mass is 296 g/mol. The number of anilines is 1. The van der Waals surface area contributed by atoms with Gasteiger partial charge in [-0.05, 0) is 25.5 Å². The number of benzene rings is 1. The summed E-state index contributed by atoms with van der Waals surface area (Å²) in [5.41, 5.74) is 8.54. The number of methoxy groups -OCH3 is 1. The number of ether oxygens (including phenoxy) is 1. The molecule has 2 aromatic rings. The molecule has 2 N–H and O–H groups in total. The number of aryl methyl sites for hydroxylation is 1. The Kier molecular flexibility index (Phi) is 3.11. The topological polar surface area (TPSA) is 61.3 Å². The molecule has 0 aliphatic heterocycles. The van der Waals surface area contributed by atoms with Crippen molar-refractivity contribution in [1.29, 1.82) is 0 Å². The van der Waals surface area contributed by atoms with Crippen LogP contribution in [0.25, 0.3) is 11.3 Å². The van der Waals surface area contributed by atoms with Crippen LogP contribution in [0.3, 0.4) is 0 Å². The fourth-order valence-corrected chi connectivity index (χ4v) is 2.78. The Morgan fingerprint density at radius 1 is 1.35 bits per heavy atom. The number of hydrogen-bond acceptors (Lipinski definition) is 4.